The molecule has 0 aromatic carbocycles. The van der Waals surface area contributed by atoms with Crippen LogP contribution in [0.4, 0.5) is 0 Å². The van der Waals surface area contributed by atoms with Gasteiger partial charge in [0.05, 0.1) is 6.61 Å². The van der Waals surface area contributed by atoms with E-state index >= 15 is 0 Å². The maximum absolute atomic E-state index is 12.0. The smallest absolute Gasteiger partial charge is 0.323 e. The van der Waals surface area contributed by atoms with Gasteiger partial charge in [0, 0.05) is 32.4 Å². The van der Waals surface area contributed by atoms with Crippen molar-refractivity contribution in [2.45, 2.75) is 38.0 Å². The molecule has 1 aliphatic rings. The molecule has 8 heteroatoms. The van der Waals surface area contributed by atoms with Gasteiger partial charge in [0.2, 0.25) is 11.8 Å². The molecule has 1 heterocycles. The maximum Gasteiger partial charge on any atom is 0.323 e. The van der Waals surface area contributed by atoms with E-state index < -0.39 is 5.97 Å². The molecule has 0 unspecified atom stereocenters. The number of nitrogens with zero attached hydrogens (tertiary/aromatic N) is 3. The Labute approximate surface area is 128 Å². The predicted octanol–water partition coefficient (Wildman–Crippen LogP) is 0.829. The summed E-state index contributed by atoms with van der Waals surface area (Å²) in [5.74, 6) is 0.501. The summed E-state index contributed by atoms with van der Waals surface area (Å²) in [6.45, 7) is 0.274. The highest BCUT2D eigenvalue weighted by molar-refractivity contribution is 5.81. The summed E-state index contributed by atoms with van der Waals surface area (Å²) in [4.78, 5) is 28.4. The molecule has 0 bridgehead atoms. The first-order valence-electron chi connectivity index (χ1n) is 7.41. The van der Waals surface area contributed by atoms with Gasteiger partial charge < -0.3 is 19.3 Å². The van der Waals surface area contributed by atoms with Crippen molar-refractivity contribution in [2.24, 2.45) is 0 Å². The molecule has 1 saturated carbocycles. The largest absolute Gasteiger partial charge is 0.480 e. The number of ether oxygens (including phenoxy) is 1. The third kappa shape index (κ3) is 5.10. The summed E-state index contributed by atoms with van der Waals surface area (Å²) < 4.78 is 10.0. The van der Waals surface area contributed by atoms with Crippen molar-refractivity contribution in [1.82, 2.24) is 15.0 Å². The minimum absolute atomic E-state index is 0.207. The topological polar surface area (TPSA) is 106 Å². The third-order valence-corrected chi connectivity index (χ3v) is 3.45. The zero-order chi connectivity index (χ0) is 15.9. The molecule has 122 valence electrons. The Morgan fingerprint density at radius 3 is 2.86 bits per heavy atom. The Morgan fingerprint density at radius 1 is 1.45 bits per heavy atom. The molecule has 0 spiro atoms. The van der Waals surface area contributed by atoms with Gasteiger partial charge in [-0.05, 0) is 19.3 Å². The second-order valence-electron chi connectivity index (χ2n) is 5.38. The van der Waals surface area contributed by atoms with E-state index in [-0.39, 0.29) is 25.4 Å². The molecule has 0 aliphatic heterocycles. The van der Waals surface area contributed by atoms with Gasteiger partial charge >= 0.3 is 5.97 Å². The number of amides is 1. The van der Waals surface area contributed by atoms with Crippen LogP contribution in [0.2, 0.25) is 0 Å². The fourth-order valence-corrected chi connectivity index (χ4v) is 2.08. The number of carboxylic acid groups (broad SMARTS) is 1. The molecule has 1 N–H and O–H groups in total. The third-order valence-electron chi connectivity index (χ3n) is 3.45. The molecule has 0 radical (unpaired) electrons. The minimum Gasteiger partial charge on any atom is -0.480 e. The Morgan fingerprint density at radius 2 is 2.23 bits per heavy atom. The van der Waals surface area contributed by atoms with Crippen molar-refractivity contribution in [2.75, 3.05) is 26.8 Å². The zero-order valence-corrected chi connectivity index (χ0v) is 12.7. The standard InChI is InChI=1S/C14H21N3O5/c1-21-8-7-17(9-13(19)20)12(18)4-2-3-11-15-14(16-22-11)10-5-6-10/h10H,2-9H2,1H3,(H,19,20). The van der Waals surface area contributed by atoms with E-state index in [0.29, 0.717) is 31.3 Å². The van der Waals surface area contributed by atoms with E-state index in [1.54, 1.807) is 0 Å². The van der Waals surface area contributed by atoms with Gasteiger partial charge in [0.1, 0.15) is 6.54 Å². The van der Waals surface area contributed by atoms with E-state index in [1.807, 2.05) is 0 Å². The van der Waals surface area contributed by atoms with Crippen LogP contribution in [0.1, 0.15) is 43.3 Å². The maximum atomic E-state index is 12.0. The minimum atomic E-state index is -1.03. The Kier molecular flexibility index (Phi) is 5.88. The van der Waals surface area contributed by atoms with Crippen LogP contribution in [0, 0.1) is 0 Å². The lowest BCUT2D eigenvalue weighted by Crippen LogP contribution is -2.37. The highest BCUT2D eigenvalue weighted by atomic mass is 16.5. The monoisotopic (exact) mass is 311 g/mol. The quantitative estimate of drug-likeness (QED) is 0.682. The summed E-state index contributed by atoms with van der Waals surface area (Å²) in [7, 11) is 1.51. The molecule has 0 saturated heterocycles. The Hall–Kier alpha value is -1.96. The number of carbonyl (C=O) groups excluding carboxylic acids is 1. The summed E-state index contributed by atoms with van der Waals surface area (Å²) in [5, 5.41) is 12.7. The Balaban J connectivity index is 1.74. The van der Waals surface area contributed by atoms with Crippen molar-refractivity contribution in [3.8, 4) is 0 Å². The summed E-state index contributed by atoms with van der Waals surface area (Å²) in [6, 6.07) is 0. The van der Waals surface area contributed by atoms with E-state index in [2.05, 4.69) is 10.1 Å². The first kappa shape index (κ1) is 16.4. The first-order valence-corrected chi connectivity index (χ1v) is 7.41. The summed E-state index contributed by atoms with van der Waals surface area (Å²) >= 11 is 0. The summed E-state index contributed by atoms with van der Waals surface area (Å²) in [6.07, 6.45) is 3.55. The fourth-order valence-electron chi connectivity index (χ4n) is 2.08. The highest BCUT2D eigenvalue weighted by Crippen LogP contribution is 2.38. The molecule has 8 nitrogen and oxygen atoms in total. The molecule has 1 fully saturated rings. The molecule has 1 aliphatic carbocycles. The number of aryl methyl sites for hydroxylation is 1. The number of hydrogen-bond acceptors (Lipinski definition) is 6. The lowest BCUT2D eigenvalue weighted by atomic mass is 10.2. The van der Waals surface area contributed by atoms with Gasteiger partial charge in [0.15, 0.2) is 5.82 Å². The molecule has 22 heavy (non-hydrogen) atoms. The van der Waals surface area contributed by atoms with Crippen molar-refractivity contribution in [3.63, 3.8) is 0 Å². The van der Waals surface area contributed by atoms with Crippen molar-refractivity contribution >= 4 is 11.9 Å². The van der Waals surface area contributed by atoms with Crippen molar-refractivity contribution in [3.05, 3.63) is 11.7 Å². The second-order valence-corrected chi connectivity index (χ2v) is 5.38. The first-order chi connectivity index (χ1) is 10.6. The van der Waals surface area contributed by atoms with Crippen LogP contribution in [-0.2, 0) is 20.7 Å². The highest BCUT2D eigenvalue weighted by Gasteiger charge is 2.28. The average molecular weight is 311 g/mol. The van der Waals surface area contributed by atoms with Gasteiger partial charge in [0.25, 0.3) is 0 Å². The van der Waals surface area contributed by atoms with E-state index in [9.17, 15) is 9.59 Å². The number of methoxy groups -OCH3 is 1. The van der Waals surface area contributed by atoms with Gasteiger partial charge in [-0.25, -0.2) is 0 Å². The number of rotatable bonds is 10. The number of aliphatic carboxylic acids is 1. The van der Waals surface area contributed by atoms with E-state index in [1.165, 1.54) is 12.0 Å². The van der Waals surface area contributed by atoms with Gasteiger partial charge in [-0.3, -0.25) is 9.59 Å². The number of hydrogen-bond donors (Lipinski definition) is 1. The van der Waals surface area contributed by atoms with Crippen LogP contribution < -0.4 is 0 Å². The Bertz CT molecular complexity index is 512. The van der Waals surface area contributed by atoms with E-state index in [0.717, 1.165) is 18.7 Å². The van der Waals surface area contributed by atoms with Crippen LogP contribution in [-0.4, -0.2) is 58.8 Å². The van der Waals surface area contributed by atoms with Gasteiger partial charge in [-0.15, -0.1) is 0 Å². The second kappa shape index (κ2) is 7.88. The molecule has 2 rings (SSSR count). The van der Waals surface area contributed by atoms with Gasteiger partial charge in [-0.1, -0.05) is 5.16 Å². The van der Waals surface area contributed by atoms with Gasteiger partial charge in [-0.2, -0.15) is 4.98 Å². The van der Waals surface area contributed by atoms with Crippen LogP contribution in [0.15, 0.2) is 4.52 Å². The molecular formula is C14H21N3O5. The van der Waals surface area contributed by atoms with Crippen molar-refractivity contribution < 1.29 is 24.0 Å². The summed E-state index contributed by atoms with van der Waals surface area (Å²) in [5.41, 5.74) is 0. The van der Waals surface area contributed by atoms with E-state index in [4.69, 9.17) is 14.4 Å². The number of aromatic nitrogens is 2. The zero-order valence-electron chi connectivity index (χ0n) is 12.7. The number of carboxylic acids is 1. The van der Waals surface area contributed by atoms with Crippen molar-refractivity contribution in [1.29, 1.82) is 0 Å². The lowest BCUT2D eigenvalue weighted by Gasteiger charge is -2.20. The molecule has 1 aromatic heterocycles. The lowest BCUT2D eigenvalue weighted by molar-refractivity contribution is -0.144. The molecule has 0 atom stereocenters. The molecule has 1 amide bonds. The predicted molar refractivity (Wildman–Crippen MR) is 75.3 cm³/mol. The SMILES string of the molecule is COCCN(CC(=O)O)C(=O)CCCc1nc(C2CC2)no1. The molecular weight excluding hydrogens is 290 g/mol. The number of carbonyl (C=O) groups is 2. The van der Waals surface area contributed by atoms with Crippen LogP contribution in [0.25, 0.3) is 0 Å². The van der Waals surface area contributed by atoms with Crippen LogP contribution >= 0.6 is 0 Å². The fraction of sp³-hybridized carbons (Fsp3) is 0.714. The van der Waals surface area contributed by atoms with Crippen LogP contribution in [0.5, 0.6) is 0 Å². The normalized spacial score (nSPS) is 14.0. The van der Waals surface area contributed by atoms with Crippen LogP contribution in [0.3, 0.4) is 0 Å². The average Bonchev–Trinajstić information content (AvgIpc) is 3.23. The molecule has 1 aromatic rings.